The lowest BCUT2D eigenvalue weighted by molar-refractivity contribution is -0.117. The zero-order chi connectivity index (χ0) is 16.2. The third-order valence-corrected chi connectivity index (χ3v) is 3.52. The molecule has 0 radical (unpaired) electrons. The van der Waals surface area contributed by atoms with Crippen molar-refractivity contribution in [2.75, 3.05) is 6.54 Å². The Morgan fingerprint density at radius 2 is 2.04 bits per heavy atom. The van der Waals surface area contributed by atoms with E-state index < -0.39 is 0 Å². The number of amides is 2. The molecule has 0 bridgehead atoms. The molecule has 2 amide bonds. The summed E-state index contributed by atoms with van der Waals surface area (Å²) in [4.78, 5) is 22.8. The van der Waals surface area contributed by atoms with E-state index in [0.29, 0.717) is 13.0 Å². The van der Waals surface area contributed by atoms with Crippen LogP contribution in [0.15, 0.2) is 51.7 Å². The van der Waals surface area contributed by atoms with Crippen molar-refractivity contribution in [3.8, 4) is 0 Å². The van der Waals surface area contributed by atoms with Crippen molar-refractivity contribution in [1.82, 2.24) is 5.32 Å². The van der Waals surface area contributed by atoms with E-state index in [-0.39, 0.29) is 24.0 Å². The van der Waals surface area contributed by atoms with Crippen LogP contribution in [0.4, 0.5) is 0 Å². The van der Waals surface area contributed by atoms with Crippen molar-refractivity contribution in [2.24, 2.45) is 5.73 Å². The molecular formula is C17H16N2O4. The van der Waals surface area contributed by atoms with Crippen LogP contribution in [0.1, 0.15) is 21.7 Å². The highest BCUT2D eigenvalue weighted by atomic mass is 16.3. The molecular weight excluding hydrogens is 296 g/mol. The Balaban J connectivity index is 1.67. The Bertz CT molecular complexity index is 834. The number of rotatable bonds is 6. The molecule has 0 atom stereocenters. The van der Waals surface area contributed by atoms with Gasteiger partial charge in [0.1, 0.15) is 5.58 Å². The molecule has 23 heavy (non-hydrogen) atoms. The van der Waals surface area contributed by atoms with E-state index in [9.17, 15) is 9.59 Å². The quantitative estimate of drug-likeness (QED) is 0.727. The van der Waals surface area contributed by atoms with Crippen molar-refractivity contribution in [3.63, 3.8) is 0 Å². The van der Waals surface area contributed by atoms with Crippen LogP contribution in [0, 0.1) is 0 Å². The maximum absolute atomic E-state index is 11.8. The fraction of sp³-hybridized carbons (Fsp3) is 0.176. The minimum atomic E-state index is -0.375. The first kappa shape index (κ1) is 14.9. The van der Waals surface area contributed by atoms with Crippen LogP contribution in [0.25, 0.3) is 11.0 Å². The predicted octanol–water partition coefficient (Wildman–Crippen LogP) is 2.03. The number of nitrogens with two attached hydrogens (primary N) is 1. The minimum Gasteiger partial charge on any atom is -0.464 e. The number of carbonyl (C=O) groups is 2. The molecule has 0 unspecified atom stereocenters. The molecule has 0 aliphatic rings. The Morgan fingerprint density at radius 3 is 2.78 bits per heavy atom. The van der Waals surface area contributed by atoms with Gasteiger partial charge in [-0.2, -0.15) is 0 Å². The summed E-state index contributed by atoms with van der Waals surface area (Å²) in [6.07, 6.45) is 3.92. The maximum Gasteiger partial charge on any atom is 0.286 e. The van der Waals surface area contributed by atoms with E-state index in [1.165, 1.54) is 6.26 Å². The lowest BCUT2D eigenvalue weighted by Crippen LogP contribution is -2.25. The van der Waals surface area contributed by atoms with Crippen LogP contribution in [0.2, 0.25) is 0 Å². The summed E-state index contributed by atoms with van der Waals surface area (Å²) in [5.74, 6) is -0.344. The summed E-state index contributed by atoms with van der Waals surface area (Å²) in [5.41, 5.74) is 7.77. The second kappa shape index (κ2) is 6.39. The van der Waals surface area contributed by atoms with Gasteiger partial charge in [-0.3, -0.25) is 9.59 Å². The molecule has 118 valence electrons. The third-order valence-electron chi connectivity index (χ3n) is 3.52. The summed E-state index contributed by atoms with van der Waals surface area (Å²) in [6.45, 7) is 0.453. The lowest BCUT2D eigenvalue weighted by atomic mass is 10.1. The molecule has 0 spiro atoms. The van der Waals surface area contributed by atoms with Crippen LogP contribution in [0.5, 0.6) is 0 Å². The van der Waals surface area contributed by atoms with Crippen molar-refractivity contribution >= 4 is 22.8 Å². The highest BCUT2D eigenvalue weighted by molar-refractivity contribution is 5.91. The van der Waals surface area contributed by atoms with E-state index in [1.54, 1.807) is 18.4 Å². The summed E-state index contributed by atoms with van der Waals surface area (Å²) in [7, 11) is 0. The van der Waals surface area contributed by atoms with Gasteiger partial charge < -0.3 is 19.9 Å². The summed E-state index contributed by atoms with van der Waals surface area (Å²) >= 11 is 0. The fourth-order valence-corrected chi connectivity index (χ4v) is 2.44. The van der Waals surface area contributed by atoms with Gasteiger partial charge in [0.05, 0.1) is 18.9 Å². The van der Waals surface area contributed by atoms with Gasteiger partial charge in [-0.1, -0.05) is 6.07 Å². The smallest absolute Gasteiger partial charge is 0.286 e. The van der Waals surface area contributed by atoms with Gasteiger partial charge in [0.2, 0.25) is 5.91 Å². The monoisotopic (exact) mass is 312 g/mol. The molecule has 0 saturated heterocycles. The van der Waals surface area contributed by atoms with E-state index in [2.05, 4.69) is 5.32 Å². The van der Waals surface area contributed by atoms with Crippen molar-refractivity contribution < 1.29 is 18.4 Å². The van der Waals surface area contributed by atoms with Crippen molar-refractivity contribution in [2.45, 2.75) is 12.8 Å². The first-order valence-electron chi connectivity index (χ1n) is 7.22. The Labute approximate surface area is 132 Å². The van der Waals surface area contributed by atoms with E-state index >= 15 is 0 Å². The van der Waals surface area contributed by atoms with Crippen LogP contribution in [-0.4, -0.2) is 18.4 Å². The maximum atomic E-state index is 11.8. The molecule has 0 saturated carbocycles. The number of benzene rings is 1. The predicted molar refractivity (Wildman–Crippen MR) is 83.9 cm³/mol. The lowest BCUT2D eigenvalue weighted by Gasteiger charge is -2.03. The number of hydrogen-bond acceptors (Lipinski definition) is 4. The molecule has 6 heteroatoms. The minimum absolute atomic E-state index is 0.190. The second-order valence-electron chi connectivity index (χ2n) is 5.22. The molecule has 0 fully saturated rings. The van der Waals surface area contributed by atoms with Crippen LogP contribution >= 0.6 is 0 Å². The Kier molecular flexibility index (Phi) is 4.14. The van der Waals surface area contributed by atoms with Gasteiger partial charge in [-0.05, 0) is 41.8 Å². The van der Waals surface area contributed by atoms with Crippen LogP contribution in [0.3, 0.4) is 0 Å². The van der Waals surface area contributed by atoms with Gasteiger partial charge in [-0.15, -0.1) is 0 Å². The number of furan rings is 2. The zero-order valence-corrected chi connectivity index (χ0v) is 12.4. The largest absolute Gasteiger partial charge is 0.464 e. The summed E-state index contributed by atoms with van der Waals surface area (Å²) < 4.78 is 10.5. The highest BCUT2D eigenvalue weighted by Gasteiger charge is 2.10. The van der Waals surface area contributed by atoms with Gasteiger partial charge >= 0.3 is 0 Å². The highest BCUT2D eigenvalue weighted by Crippen LogP contribution is 2.23. The molecule has 2 aromatic heterocycles. The average Bonchev–Trinajstić information content (AvgIpc) is 3.16. The van der Waals surface area contributed by atoms with Crippen LogP contribution < -0.4 is 11.1 Å². The van der Waals surface area contributed by atoms with E-state index in [1.807, 2.05) is 18.2 Å². The van der Waals surface area contributed by atoms with Gasteiger partial charge in [-0.25, -0.2) is 0 Å². The molecule has 0 aliphatic carbocycles. The molecule has 1 aromatic carbocycles. The van der Waals surface area contributed by atoms with Gasteiger partial charge in [0.15, 0.2) is 5.76 Å². The number of hydrogen-bond donors (Lipinski definition) is 2. The third kappa shape index (κ3) is 3.42. The number of primary amides is 1. The summed E-state index contributed by atoms with van der Waals surface area (Å²) in [5, 5.41) is 3.71. The van der Waals surface area contributed by atoms with E-state index in [0.717, 1.165) is 22.1 Å². The van der Waals surface area contributed by atoms with Gasteiger partial charge in [0, 0.05) is 11.9 Å². The van der Waals surface area contributed by atoms with Gasteiger partial charge in [0.25, 0.3) is 5.91 Å². The zero-order valence-electron chi connectivity index (χ0n) is 12.4. The normalized spacial score (nSPS) is 10.8. The van der Waals surface area contributed by atoms with Crippen molar-refractivity contribution in [1.29, 1.82) is 0 Å². The second-order valence-corrected chi connectivity index (χ2v) is 5.22. The SMILES string of the molecule is NC(=O)Cc1ccc2occ(CCNC(=O)c3ccco3)c2c1. The number of carbonyl (C=O) groups excluding carboxylic acids is 2. The topological polar surface area (TPSA) is 98.5 Å². The van der Waals surface area contributed by atoms with Crippen molar-refractivity contribution in [3.05, 3.63) is 59.7 Å². The Hall–Kier alpha value is -3.02. The molecule has 3 aromatic rings. The van der Waals surface area contributed by atoms with Crippen LogP contribution in [-0.2, 0) is 17.6 Å². The van der Waals surface area contributed by atoms with E-state index in [4.69, 9.17) is 14.6 Å². The molecule has 2 heterocycles. The summed E-state index contributed by atoms with van der Waals surface area (Å²) in [6, 6.07) is 8.81. The molecule has 3 N–H and O–H groups in total. The molecule has 0 aliphatic heterocycles. The molecule has 3 rings (SSSR count). The fourth-order valence-electron chi connectivity index (χ4n) is 2.44. The first-order valence-corrected chi connectivity index (χ1v) is 7.22. The first-order chi connectivity index (χ1) is 11.1. The molecule has 6 nitrogen and oxygen atoms in total. The number of fused-ring (bicyclic) bond motifs is 1. The Morgan fingerprint density at radius 1 is 1.17 bits per heavy atom. The average molecular weight is 312 g/mol. The standard InChI is InChI=1S/C17H16N2O4/c18-16(20)9-11-3-4-14-13(8-11)12(10-23-14)5-6-19-17(21)15-2-1-7-22-15/h1-4,7-8,10H,5-6,9H2,(H2,18,20)(H,19,21). The number of nitrogens with one attached hydrogen (secondary N) is 1.